The third-order valence-electron chi connectivity index (χ3n) is 2.68. The molecule has 0 saturated carbocycles. The molecule has 0 amide bonds. The van der Waals surface area contributed by atoms with Crippen molar-refractivity contribution in [3.63, 3.8) is 0 Å². The lowest BCUT2D eigenvalue weighted by Crippen LogP contribution is -2.26. The number of ether oxygens (including phenoxy) is 3. The van der Waals surface area contributed by atoms with Crippen molar-refractivity contribution in [3.8, 4) is 11.6 Å². The maximum Gasteiger partial charge on any atom is 0.434 e. The summed E-state index contributed by atoms with van der Waals surface area (Å²) in [5.74, 6) is -4.22. The second-order valence-electron chi connectivity index (χ2n) is 4.12. The van der Waals surface area contributed by atoms with Crippen LogP contribution in [0.4, 0.5) is 13.2 Å². The Morgan fingerprint density at radius 1 is 1.22 bits per heavy atom. The van der Waals surface area contributed by atoms with Crippen molar-refractivity contribution in [2.24, 2.45) is 0 Å². The monoisotopic (exact) mass is 336 g/mol. The Labute approximate surface area is 129 Å². The molecule has 0 atom stereocenters. The van der Waals surface area contributed by atoms with Gasteiger partial charge in [0.25, 0.3) is 0 Å². The van der Waals surface area contributed by atoms with Crippen molar-refractivity contribution < 1.29 is 42.1 Å². The molecule has 0 fully saturated rings. The zero-order chi connectivity index (χ0) is 17.8. The number of carboxylic acid groups (broad SMARTS) is 1. The molecular weight excluding hydrogens is 323 g/mol. The Kier molecular flexibility index (Phi) is 5.77. The predicted molar refractivity (Wildman–Crippen MR) is 67.0 cm³/mol. The molecule has 128 valence electrons. The zero-order valence-corrected chi connectivity index (χ0v) is 12.4. The van der Waals surface area contributed by atoms with Crippen LogP contribution in [0.3, 0.4) is 0 Å². The molecule has 23 heavy (non-hydrogen) atoms. The summed E-state index contributed by atoms with van der Waals surface area (Å²) in [7, 11) is 1.99. The van der Waals surface area contributed by atoms with Crippen molar-refractivity contribution >= 4 is 11.9 Å². The molecule has 0 unspecified atom stereocenters. The number of carbonyl (C=O) groups is 2. The van der Waals surface area contributed by atoms with Gasteiger partial charge >= 0.3 is 12.1 Å². The number of carbonyl (C=O) groups excluding carboxylic acids is 2. The Morgan fingerprint density at radius 2 is 1.83 bits per heavy atom. The van der Waals surface area contributed by atoms with Gasteiger partial charge in [-0.1, -0.05) is 0 Å². The van der Waals surface area contributed by atoms with Crippen LogP contribution in [0.1, 0.15) is 28.5 Å². The summed E-state index contributed by atoms with van der Waals surface area (Å²) in [6.07, 6.45) is -5.87. The Bertz CT molecular complexity index is 615. The van der Waals surface area contributed by atoms with E-state index in [1.165, 1.54) is 6.92 Å². The Hall–Kier alpha value is -2.52. The van der Waals surface area contributed by atoms with Gasteiger partial charge in [0.1, 0.15) is 11.3 Å². The van der Waals surface area contributed by atoms with Crippen LogP contribution in [-0.2, 0) is 22.1 Å². The molecule has 1 aromatic rings. The van der Waals surface area contributed by atoms with Crippen molar-refractivity contribution in [3.05, 3.63) is 16.8 Å². The molecule has 0 saturated heterocycles. The summed E-state index contributed by atoms with van der Waals surface area (Å²) < 4.78 is 53.6. The molecule has 0 aliphatic heterocycles. The molecule has 1 aromatic heterocycles. The summed E-state index contributed by atoms with van der Waals surface area (Å²) in [4.78, 5) is 25.9. The molecular formula is C13H13F3NO6-. The lowest BCUT2D eigenvalue weighted by molar-refractivity contribution is -0.304. The van der Waals surface area contributed by atoms with E-state index in [4.69, 9.17) is 4.74 Å². The quantitative estimate of drug-likeness (QED) is 0.701. The number of aromatic nitrogens is 1. The lowest BCUT2D eigenvalue weighted by atomic mass is 10.0. The van der Waals surface area contributed by atoms with Crippen LogP contribution in [0.25, 0.3) is 0 Å². The van der Waals surface area contributed by atoms with Gasteiger partial charge in [-0.3, -0.25) is 0 Å². The normalized spacial score (nSPS) is 11.0. The largest absolute Gasteiger partial charge is 0.550 e. The first kappa shape index (κ1) is 18.5. The van der Waals surface area contributed by atoms with Crippen molar-refractivity contribution in [1.29, 1.82) is 0 Å². The van der Waals surface area contributed by atoms with E-state index in [1.54, 1.807) is 0 Å². The molecule has 0 spiro atoms. The third-order valence-corrected chi connectivity index (χ3v) is 2.68. The van der Waals surface area contributed by atoms with Gasteiger partial charge in [0.2, 0.25) is 5.88 Å². The van der Waals surface area contributed by atoms with Crippen LogP contribution in [0.5, 0.6) is 11.6 Å². The number of alkyl halides is 3. The average Bonchev–Trinajstić information content (AvgIpc) is 2.44. The Balaban J connectivity index is 3.78. The SMILES string of the molecule is CCOC(=O)c1c(C(F)(F)F)nc(OC)c(CC(=O)[O-])c1OC. The molecule has 1 rings (SSSR count). The fourth-order valence-electron chi connectivity index (χ4n) is 1.87. The maximum absolute atomic E-state index is 13.2. The highest BCUT2D eigenvalue weighted by Gasteiger charge is 2.42. The molecule has 0 bridgehead atoms. The number of nitrogens with zero attached hydrogens (tertiary/aromatic N) is 1. The average molecular weight is 336 g/mol. The van der Waals surface area contributed by atoms with E-state index in [-0.39, 0.29) is 12.2 Å². The van der Waals surface area contributed by atoms with Crippen LogP contribution >= 0.6 is 0 Å². The predicted octanol–water partition coefficient (Wildman–Crippen LogP) is 0.587. The van der Waals surface area contributed by atoms with Gasteiger partial charge in [0, 0.05) is 12.4 Å². The number of aliphatic carboxylic acids is 1. The second-order valence-corrected chi connectivity index (χ2v) is 4.12. The first-order chi connectivity index (χ1) is 10.7. The van der Waals surface area contributed by atoms with Crippen molar-refractivity contribution in [1.82, 2.24) is 4.98 Å². The van der Waals surface area contributed by atoms with Gasteiger partial charge in [-0.05, 0) is 6.92 Å². The number of hydrogen-bond acceptors (Lipinski definition) is 7. The molecule has 0 radical (unpaired) electrons. The summed E-state index contributed by atoms with van der Waals surface area (Å²) in [6, 6.07) is 0. The highest BCUT2D eigenvalue weighted by molar-refractivity contribution is 5.95. The van der Waals surface area contributed by atoms with E-state index >= 15 is 0 Å². The molecule has 0 aliphatic rings. The van der Waals surface area contributed by atoms with Gasteiger partial charge in [0.05, 0.1) is 26.4 Å². The molecule has 7 nitrogen and oxygen atoms in total. The van der Waals surface area contributed by atoms with E-state index in [0.29, 0.717) is 0 Å². The van der Waals surface area contributed by atoms with E-state index in [0.717, 1.165) is 14.2 Å². The number of carboxylic acids is 1. The number of rotatable bonds is 6. The highest BCUT2D eigenvalue weighted by Crippen LogP contribution is 2.40. The minimum absolute atomic E-state index is 0.193. The summed E-state index contributed by atoms with van der Waals surface area (Å²) in [5.41, 5.74) is -2.96. The minimum atomic E-state index is -5.01. The van der Waals surface area contributed by atoms with Crippen LogP contribution in [0, 0.1) is 0 Å². The lowest BCUT2D eigenvalue weighted by Gasteiger charge is -2.20. The van der Waals surface area contributed by atoms with E-state index in [1.807, 2.05) is 0 Å². The number of hydrogen-bond donors (Lipinski definition) is 0. The smallest absolute Gasteiger partial charge is 0.434 e. The van der Waals surface area contributed by atoms with Gasteiger partial charge in [-0.2, -0.15) is 13.2 Å². The standard InChI is InChI=1S/C13H14F3NO6/c1-4-23-12(20)8-9(21-2)6(5-7(18)19)11(22-3)17-10(8)13(14,15)16/h4-5H2,1-3H3,(H,18,19)/p-1. The number of esters is 1. The van der Waals surface area contributed by atoms with Crippen LogP contribution < -0.4 is 14.6 Å². The van der Waals surface area contributed by atoms with Crippen molar-refractivity contribution in [2.45, 2.75) is 19.5 Å². The minimum Gasteiger partial charge on any atom is -0.550 e. The molecule has 1 heterocycles. The first-order valence-electron chi connectivity index (χ1n) is 6.26. The van der Waals surface area contributed by atoms with Gasteiger partial charge < -0.3 is 24.1 Å². The molecule has 0 aliphatic carbocycles. The third kappa shape index (κ3) is 4.02. The van der Waals surface area contributed by atoms with Gasteiger partial charge in [-0.15, -0.1) is 0 Å². The highest BCUT2D eigenvalue weighted by atomic mass is 19.4. The van der Waals surface area contributed by atoms with E-state index < -0.39 is 47.4 Å². The zero-order valence-electron chi connectivity index (χ0n) is 12.4. The fourth-order valence-corrected chi connectivity index (χ4v) is 1.87. The van der Waals surface area contributed by atoms with Crippen LogP contribution in [0.2, 0.25) is 0 Å². The molecule has 0 aromatic carbocycles. The Morgan fingerprint density at radius 3 is 2.22 bits per heavy atom. The molecule has 0 N–H and O–H groups in total. The van der Waals surface area contributed by atoms with Gasteiger partial charge in [-0.25, -0.2) is 9.78 Å². The summed E-state index contributed by atoms with van der Waals surface area (Å²) >= 11 is 0. The number of halogens is 3. The maximum atomic E-state index is 13.2. The topological polar surface area (TPSA) is 97.8 Å². The number of methoxy groups -OCH3 is 2. The number of pyridine rings is 1. The second kappa shape index (κ2) is 7.16. The first-order valence-corrected chi connectivity index (χ1v) is 6.26. The van der Waals surface area contributed by atoms with Crippen LogP contribution in [0.15, 0.2) is 0 Å². The summed E-state index contributed by atoms with van der Waals surface area (Å²) in [5, 5.41) is 10.8. The molecule has 10 heteroatoms. The summed E-state index contributed by atoms with van der Waals surface area (Å²) in [6.45, 7) is 1.21. The van der Waals surface area contributed by atoms with Gasteiger partial charge in [0.15, 0.2) is 5.69 Å². The van der Waals surface area contributed by atoms with Crippen LogP contribution in [-0.4, -0.2) is 37.7 Å². The van der Waals surface area contributed by atoms with Crippen molar-refractivity contribution in [2.75, 3.05) is 20.8 Å². The van der Waals surface area contributed by atoms with E-state index in [2.05, 4.69) is 14.5 Å². The fraction of sp³-hybridized carbons (Fsp3) is 0.462. The van der Waals surface area contributed by atoms with E-state index in [9.17, 15) is 27.9 Å².